The van der Waals surface area contributed by atoms with Gasteiger partial charge in [-0.15, -0.1) is 0 Å². The zero-order chi connectivity index (χ0) is 14.5. The molecule has 1 aromatic carbocycles. The van der Waals surface area contributed by atoms with Crippen LogP contribution in [0.2, 0.25) is 0 Å². The Bertz CT molecular complexity index is 424. The molecule has 1 aromatic rings. The van der Waals surface area contributed by atoms with Crippen molar-refractivity contribution in [2.24, 2.45) is 0 Å². The molecule has 0 saturated carbocycles. The van der Waals surface area contributed by atoms with Crippen molar-refractivity contribution >= 4 is 5.91 Å². The highest BCUT2D eigenvalue weighted by Crippen LogP contribution is 2.22. The molecule has 1 amide bonds. The van der Waals surface area contributed by atoms with Crippen LogP contribution in [-0.2, 0) is 11.2 Å². The minimum Gasteiger partial charge on any atom is -0.497 e. The number of ether oxygens (including phenoxy) is 2. The molecule has 1 rings (SSSR count). The number of alkyl halides is 3. The fraction of sp³-hybridized carbons (Fsp3) is 0.417. The van der Waals surface area contributed by atoms with Crippen LogP contribution in [0.1, 0.15) is 5.56 Å². The van der Waals surface area contributed by atoms with Gasteiger partial charge < -0.3 is 14.8 Å². The minimum atomic E-state index is -4.86. The number of methoxy groups -OCH3 is 2. The summed E-state index contributed by atoms with van der Waals surface area (Å²) < 4.78 is 45.9. The average molecular weight is 277 g/mol. The minimum absolute atomic E-state index is 0.116. The smallest absolute Gasteiger partial charge is 0.471 e. The number of carbonyl (C=O) groups excluding carboxylic acids is 1. The van der Waals surface area contributed by atoms with E-state index in [0.717, 1.165) is 0 Å². The summed E-state index contributed by atoms with van der Waals surface area (Å²) in [6, 6.07) is 4.99. The molecule has 0 atom stereocenters. The van der Waals surface area contributed by atoms with Crippen LogP contribution in [-0.4, -0.2) is 32.8 Å². The van der Waals surface area contributed by atoms with E-state index in [1.54, 1.807) is 23.5 Å². The van der Waals surface area contributed by atoms with Crippen molar-refractivity contribution in [3.05, 3.63) is 23.8 Å². The molecule has 0 unspecified atom stereocenters. The van der Waals surface area contributed by atoms with Crippen molar-refractivity contribution in [1.82, 2.24) is 5.32 Å². The number of rotatable bonds is 5. The molecule has 1 N–H and O–H groups in total. The SMILES string of the molecule is COc1cc(CCNC(=O)C(F)(F)F)cc(OC)c1. The molecule has 0 radical (unpaired) electrons. The van der Waals surface area contributed by atoms with Crippen molar-refractivity contribution in [2.45, 2.75) is 12.6 Å². The number of hydrogen-bond donors (Lipinski definition) is 1. The number of carbonyl (C=O) groups is 1. The highest BCUT2D eigenvalue weighted by atomic mass is 19.4. The summed E-state index contributed by atoms with van der Waals surface area (Å²) in [5.41, 5.74) is 0.707. The number of benzene rings is 1. The van der Waals surface area contributed by atoms with E-state index in [4.69, 9.17) is 9.47 Å². The third-order valence-electron chi connectivity index (χ3n) is 2.37. The molecule has 0 spiro atoms. The first kappa shape index (κ1) is 15.1. The van der Waals surface area contributed by atoms with Crippen LogP contribution >= 0.6 is 0 Å². The summed E-state index contributed by atoms with van der Waals surface area (Å²) in [5, 5.41) is 1.80. The van der Waals surface area contributed by atoms with Gasteiger partial charge >= 0.3 is 12.1 Å². The number of hydrogen-bond acceptors (Lipinski definition) is 3. The zero-order valence-corrected chi connectivity index (χ0v) is 10.5. The largest absolute Gasteiger partial charge is 0.497 e. The summed E-state index contributed by atoms with van der Waals surface area (Å²) in [5.74, 6) is -0.865. The third kappa shape index (κ3) is 4.69. The molecule has 0 heterocycles. The maximum Gasteiger partial charge on any atom is 0.471 e. The molecule has 0 bridgehead atoms. The summed E-state index contributed by atoms with van der Waals surface area (Å²) in [6.45, 7) is -0.116. The van der Waals surface area contributed by atoms with Gasteiger partial charge in [0.1, 0.15) is 11.5 Å². The van der Waals surface area contributed by atoms with Crippen molar-refractivity contribution in [1.29, 1.82) is 0 Å². The standard InChI is InChI=1S/C12H14F3NO3/c1-18-9-5-8(6-10(7-9)19-2)3-4-16-11(17)12(13,14)15/h5-7H,3-4H2,1-2H3,(H,16,17). The molecular formula is C12H14F3NO3. The van der Waals surface area contributed by atoms with E-state index >= 15 is 0 Å². The lowest BCUT2D eigenvalue weighted by Crippen LogP contribution is -2.37. The monoisotopic (exact) mass is 277 g/mol. The number of nitrogens with one attached hydrogen (secondary N) is 1. The molecule has 106 valence electrons. The van der Waals surface area contributed by atoms with Gasteiger partial charge in [0.25, 0.3) is 0 Å². The third-order valence-corrected chi connectivity index (χ3v) is 2.37. The van der Waals surface area contributed by atoms with Gasteiger partial charge in [-0.25, -0.2) is 0 Å². The van der Waals surface area contributed by atoms with E-state index in [0.29, 0.717) is 17.1 Å². The van der Waals surface area contributed by atoms with Gasteiger partial charge in [0.15, 0.2) is 0 Å². The van der Waals surface area contributed by atoms with Gasteiger partial charge in [-0.3, -0.25) is 4.79 Å². The maximum atomic E-state index is 12.0. The van der Waals surface area contributed by atoms with Crippen LogP contribution in [0.4, 0.5) is 13.2 Å². The van der Waals surface area contributed by atoms with Gasteiger partial charge in [-0.05, 0) is 24.1 Å². The van der Waals surface area contributed by atoms with Crippen LogP contribution in [0.3, 0.4) is 0 Å². The van der Waals surface area contributed by atoms with Crippen LogP contribution in [0.25, 0.3) is 0 Å². The highest BCUT2D eigenvalue weighted by Gasteiger charge is 2.38. The Hall–Kier alpha value is -1.92. The normalized spacial score (nSPS) is 11.0. The first-order valence-electron chi connectivity index (χ1n) is 5.43. The van der Waals surface area contributed by atoms with Crippen LogP contribution < -0.4 is 14.8 Å². The summed E-state index contributed by atoms with van der Waals surface area (Å²) in [6.07, 6.45) is -4.61. The van der Waals surface area contributed by atoms with E-state index in [9.17, 15) is 18.0 Å². The van der Waals surface area contributed by atoms with Gasteiger partial charge in [0.05, 0.1) is 14.2 Å². The Kier molecular flexibility index (Phi) is 5.02. The maximum absolute atomic E-state index is 12.0. The lowest BCUT2D eigenvalue weighted by atomic mass is 10.1. The molecule has 0 fully saturated rings. The fourth-order valence-electron chi connectivity index (χ4n) is 1.43. The van der Waals surface area contributed by atoms with Gasteiger partial charge in [0.2, 0.25) is 0 Å². The first-order valence-corrected chi connectivity index (χ1v) is 5.43. The van der Waals surface area contributed by atoms with E-state index in [2.05, 4.69) is 0 Å². The Labute approximate surface area is 108 Å². The molecule has 0 aliphatic rings. The summed E-state index contributed by atoms with van der Waals surface area (Å²) in [7, 11) is 2.95. The number of halogens is 3. The van der Waals surface area contributed by atoms with Crippen LogP contribution in [0, 0.1) is 0 Å². The highest BCUT2D eigenvalue weighted by molar-refractivity contribution is 5.81. The second kappa shape index (κ2) is 6.31. The van der Waals surface area contributed by atoms with E-state index < -0.39 is 12.1 Å². The fourth-order valence-corrected chi connectivity index (χ4v) is 1.43. The van der Waals surface area contributed by atoms with Gasteiger partial charge in [0, 0.05) is 12.6 Å². The average Bonchev–Trinajstić information content (AvgIpc) is 2.37. The zero-order valence-electron chi connectivity index (χ0n) is 10.5. The Morgan fingerprint density at radius 2 is 1.68 bits per heavy atom. The second-order valence-corrected chi connectivity index (χ2v) is 3.72. The van der Waals surface area contributed by atoms with Crippen LogP contribution in [0.15, 0.2) is 18.2 Å². The summed E-state index contributed by atoms with van der Waals surface area (Å²) >= 11 is 0. The van der Waals surface area contributed by atoms with Crippen LogP contribution in [0.5, 0.6) is 11.5 Å². The Morgan fingerprint density at radius 1 is 1.16 bits per heavy atom. The molecular weight excluding hydrogens is 263 g/mol. The van der Waals surface area contributed by atoms with Crippen molar-refractivity contribution in [3.8, 4) is 11.5 Å². The first-order chi connectivity index (χ1) is 8.86. The summed E-state index contributed by atoms with van der Waals surface area (Å²) in [4.78, 5) is 10.6. The molecule has 7 heteroatoms. The lowest BCUT2D eigenvalue weighted by molar-refractivity contribution is -0.173. The van der Waals surface area contributed by atoms with Gasteiger partial charge in [-0.2, -0.15) is 13.2 Å². The predicted molar refractivity (Wildman–Crippen MR) is 62.3 cm³/mol. The second-order valence-electron chi connectivity index (χ2n) is 3.72. The van der Waals surface area contributed by atoms with Crippen molar-refractivity contribution in [2.75, 3.05) is 20.8 Å². The van der Waals surface area contributed by atoms with E-state index in [1.807, 2.05) is 0 Å². The quantitative estimate of drug-likeness (QED) is 0.894. The molecule has 19 heavy (non-hydrogen) atoms. The topological polar surface area (TPSA) is 47.6 Å². The Morgan fingerprint density at radius 3 is 2.11 bits per heavy atom. The molecule has 0 aliphatic heterocycles. The lowest BCUT2D eigenvalue weighted by Gasteiger charge is -2.10. The Balaban J connectivity index is 2.60. The molecule has 0 aromatic heterocycles. The van der Waals surface area contributed by atoms with Crippen molar-refractivity contribution < 1.29 is 27.4 Å². The van der Waals surface area contributed by atoms with E-state index in [1.165, 1.54) is 14.2 Å². The molecule has 4 nitrogen and oxygen atoms in total. The van der Waals surface area contributed by atoms with Gasteiger partial charge in [-0.1, -0.05) is 0 Å². The van der Waals surface area contributed by atoms with Crippen molar-refractivity contribution in [3.63, 3.8) is 0 Å². The van der Waals surface area contributed by atoms with E-state index in [-0.39, 0.29) is 13.0 Å². The number of amides is 1. The molecule has 0 aliphatic carbocycles. The molecule has 0 saturated heterocycles. The predicted octanol–water partition coefficient (Wildman–Crippen LogP) is 1.92.